The number of carbonyl (C=O) groups is 1. The highest BCUT2D eigenvalue weighted by Gasteiger charge is 2.33. The van der Waals surface area contributed by atoms with Crippen molar-refractivity contribution in [1.82, 2.24) is 4.98 Å². The molecule has 1 aromatic heterocycles. The molecule has 0 bridgehead atoms. The van der Waals surface area contributed by atoms with Crippen LogP contribution in [0.3, 0.4) is 0 Å². The van der Waals surface area contributed by atoms with Crippen LogP contribution in [0.4, 0.5) is 13.2 Å². The highest BCUT2D eigenvalue weighted by molar-refractivity contribution is 5.73. The smallest absolute Gasteiger partial charge is 0.433 e. The summed E-state index contributed by atoms with van der Waals surface area (Å²) in [7, 11) is 1.15. The van der Waals surface area contributed by atoms with Gasteiger partial charge in [0.15, 0.2) is 0 Å². The van der Waals surface area contributed by atoms with Crippen molar-refractivity contribution in [3.05, 3.63) is 23.4 Å². The third-order valence-electron chi connectivity index (χ3n) is 2.18. The molecule has 0 fully saturated rings. The van der Waals surface area contributed by atoms with E-state index in [9.17, 15) is 18.0 Å². The van der Waals surface area contributed by atoms with Gasteiger partial charge < -0.3 is 15.6 Å². The van der Waals surface area contributed by atoms with Crippen LogP contribution >= 0.6 is 0 Å². The van der Waals surface area contributed by atoms with Crippen LogP contribution in [0.5, 0.6) is 5.88 Å². The Balaban J connectivity index is 3.04. The van der Waals surface area contributed by atoms with Crippen molar-refractivity contribution in [3.63, 3.8) is 0 Å². The van der Waals surface area contributed by atoms with Crippen LogP contribution in [0.25, 0.3) is 0 Å². The van der Waals surface area contributed by atoms with E-state index in [0.29, 0.717) is 0 Å². The topological polar surface area (TPSA) is 85.4 Å². The number of hydrogen-bond acceptors (Lipinski definition) is 4. The fraction of sp³-hybridized carbons (Fsp3) is 0.400. The van der Waals surface area contributed by atoms with E-state index in [1.54, 1.807) is 0 Å². The van der Waals surface area contributed by atoms with Crippen LogP contribution < -0.4 is 10.5 Å². The van der Waals surface area contributed by atoms with Crippen LogP contribution in [0.2, 0.25) is 0 Å². The molecule has 1 atom stereocenters. The molecular formula is C10H11F3N2O3. The number of carboxylic acid groups (broad SMARTS) is 1. The van der Waals surface area contributed by atoms with Crippen molar-refractivity contribution in [3.8, 4) is 5.88 Å². The third-order valence-corrected chi connectivity index (χ3v) is 2.18. The molecule has 0 saturated carbocycles. The Morgan fingerprint density at radius 3 is 2.61 bits per heavy atom. The second-order valence-corrected chi connectivity index (χ2v) is 3.51. The molecule has 8 heteroatoms. The van der Waals surface area contributed by atoms with Gasteiger partial charge in [0.05, 0.1) is 7.11 Å². The Morgan fingerprint density at radius 1 is 1.56 bits per heavy atom. The molecule has 0 aliphatic carbocycles. The number of halogens is 3. The average Bonchev–Trinajstić information content (AvgIpc) is 2.27. The maximum atomic E-state index is 12.4. The summed E-state index contributed by atoms with van der Waals surface area (Å²) in [6.07, 6.45) is -4.75. The number of ether oxygens (including phenoxy) is 1. The van der Waals surface area contributed by atoms with Crippen LogP contribution in [0.15, 0.2) is 12.1 Å². The molecule has 3 N–H and O–H groups in total. The number of pyridine rings is 1. The lowest BCUT2D eigenvalue weighted by Crippen LogP contribution is -2.32. The van der Waals surface area contributed by atoms with Crippen molar-refractivity contribution >= 4 is 5.97 Å². The van der Waals surface area contributed by atoms with Gasteiger partial charge in [-0.2, -0.15) is 13.2 Å². The van der Waals surface area contributed by atoms with E-state index in [2.05, 4.69) is 4.98 Å². The van der Waals surface area contributed by atoms with E-state index in [0.717, 1.165) is 19.2 Å². The van der Waals surface area contributed by atoms with Gasteiger partial charge in [-0.05, 0) is 6.07 Å². The van der Waals surface area contributed by atoms with Crippen LogP contribution in [-0.2, 0) is 17.4 Å². The van der Waals surface area contributed by atoms with Crippen molar-refractivity contribution < 1.29 is 27.8 Å². The lowest BCUT2D eigenvalue weighted by atomic mass is 10.1. The van der Waals surface area contributed by atoms with E-state index >= 15 is 0 Å². The SMILES string of the molecule is COc1nc(C(F)(F)F)ccc1CC(N)C(=O)O. The summed E-state index contributed by atoms with van der Waals surface area (Å²) in [5.41, 5.74) is 4.39. The second-order valence-electron chi connectivity index (χ2n) is 3.51. The zero-order valence-corrected chi connectivity index (χ0v) is 9.36. The van der Waals surface area contributed by atoms with Gasteiger partial charge in [-0.1, -0.05) is 6.07 Å². The maximum absolute atomic E-state index is 12.4. The first-order chi connectivity index (χ1) is 8.25. The molecule has 0 aliphatic rings. The van der Waals surface area contributed by atoms with Crippen molar-refractivity contribution in [2.24, 2.45) is 5.73 Å². The molecule has 0 amide bonds. The normalized spacial score (nSPS) is 13.2. The van der Waals surface area contributed by atoms with Crippen molar-refractivity contribution in [2.45, 2.75) is 18.6 Å². The predicted molar refractivity (Wildman–Crippen MR) is 55.1 cm³/mol. The van der Waals surface area contributed by atoms with E-state index in [1.165, 1.54) is 0 Å². The van der Waals surface area contributed by atoms with Gasteiger partial charge in [0.25, 0.3) is 0 Å². The highest BCUT2D eigenvalue weighted by Crippen LogP contribution is 2.30. The number of nitrogens with zero attached hydrogens (tertiary/aromatic N) is 1. The number of alkyl halides is 3. The lowest BCUT2D eigenvalue weighted by molar-refractivity contribution is -0.141. The zero-order valence-electron chi connectivity index (χ0n) is 9.36. The third kappa shape index (κ3) is 3.33. The van der Waals surface area contributed by atoms with Gasteiger partial charge in [0.1, 0.15) is 11.7 Å². The fourth-order valence-corrected chi connectivity index (χ4v) is 1.28. The standard InChI is InChI=1S/C10H11F3N2O3/c1-18-8-5(4-6(14)9(16)17)2-3-7(15-8)10(11,12)13/h2-3,6H,4,14H2,1H3,(H,16,17). The first-order valence-electron chi connectivity index (χ1n) is 4.85. The molecule has 0 aromatic carbocycles. The van der Waals surface area contributed by atoms with Crippen LogP contribution in [-0.4, -0.2) is 29.2 Å². The van der Waals surface area contributed by atoms with Crippen LogP contribution in [0.1, 0.15) is 11.3 Å². The van der Waals surface area contributed by atoms with E-state index in [1.807, 2.05) is 0 Å². The highest BCUT2D eigenvalue weighted by atomic mass is 19.4. The average molecular weight is 264 g/mol. The summed E-state index contributed by atoms with van der Waals surface area (Å²) >= 11 is 0. The first kappa shape index (κ1) is 14.2. The molecule has 1 heterocycles. The lowest BCUT2D eigenvalue weighted by Gasteiger charge is -2.12. The number of nitrogens with two attached hydrogens (primary N) is 1. The summed E-state index contributed by atoms with van der Waals surface area (Å²) in [6, 6.07) is 0.640. The maximum Gasteiger partial charge on any atom is 0.433 e. The molecule has 18 heavy (non-hydrogen) atoms. The molecule has 5 nitrogen and oxygen atoms in total. The van der Waals surface area contributed by atoms with Crippen molar-refractivity contribution in [1.29, 1.82) is 0 Å². The minimum atomic E-state index is -4.58. The number of carboxylic acids is 1. The molecule has 1 rings (SSSR count). The van der Waals surface area contributed by atoms with Gasteiger partial charge in [-0.25, -0.2) is 4.98 Å². The molecule has 0 spiro atoms. The van der Waals surface area contributed by atoms with Gasteiger partial charge in [-0.15, -0.1) is 0 Å². The Morgan fingerprint density at radius 2 is 2.17 bits per heavy atom. The largest absolute Gasteiger partial charge is 0.481 e. The number of aliphatic carboxylic acids is 1. The van der Waals surface area contributed by atoms with E-state index in [-0.39, 0.29) is 17.9 Å². The number of methoxy groups -OCH3 is 1. The number of aromatic nitrogens is 1. The van der Waals surface area contributed by atoms with Gasteiger partial charge in [0, 0.05) is 12.0 Å². The van der Waals surface area contributed by atoms with Crippen molar-refractivity contribution in [2.75, 3.05) is 7.11 Å². The Bertz CT molecular complexity index is 448. The number of hydrogen-bond donors (Lipinski definition) is 2. The Hall–Kier alpha value is -1.83. The molecule has 1 aromatic rings. The van der Waals surface area contributed by atoms with Gasteiger partial charge in [-0.3, -0.25) is 4.79 Å². The summed E-state index contributed by atoms with van der Waals surface area (Å²) in [5.74, 6) is -1.53. The summed E-state index contributed by atoms with van der Waals surface area (Å²) in [5, 5.41) is 8.62. The Kier molecular flexibility index (Phi) is 4.12. The molecular weight excluding hydrogens is 253 g/mol. The summed E-state index contributed by atoms with van der Waals surface area (Å²) in [6.45, 7) is 0. The zero-order chi connectivity index (χ0) is 13.9. The van der Waals surface area contributed by atoms with Gasteiger partial charge >= 0.3 is 12.1 Å². The summed E-state index contributed by atoms with van der Waals surface area (Å²) in [4.78, 5) is 13.8. The van der Waals surface area contributed by atoms with Crippen LogP contribution in [0, 0.1) is 0 Å². The molecule has 1 unspecified atom stereocenters. The minimum absolute atomic E-state index is 0.163. The predicted octanol–water partition coefficient (Wildman–Crippen LogP) is 1.06. The first-order valence-corrected chi connectivity index (χ1v) is 4.85. The summed E-state index contributed by atoms with van der Waals surface area (Å²) < 4.78 is 41.9. The monoisotopic (exact) mass is 264 g/mol. The van der Waals surface area contributed by atoms with E-state index in [4.69, 9.17) is 15.6 Å². The second kappa shape index (κ2) is 5.21. The van der Waals surface area contributed by atoms with E-state index < -0.39 is 23.9 Å². The molecule has 100 valence electrons. The molecule has 0 aliphatic heterocycles. The Labute approximate surface area is 100 Å². The van der Waals surface area contributed by atoms with Gasteiger partial charge in [0.2, 0.25) is 5.88 Å². The number of rotatable bonds is 4. The fourth-order valence-electron chi connectivity index (χ4n) is 1.28. The minimum Gasteiger partial charge on any atom is -0.481 e. The molecule has 0 radical (unpaired) electrons. The quantitative estimate of drug-likeness (QED) is 0.849. The molecule has 0 saturated heterocycles.